The molecule has 0 aliphatic rings. The molecule has 1 amide bonds. The largest absolute Gasteiger partial charge is 0.325 e. The molecular weight excluding hydrogens is 290 g/mol. The maximum absolute atomic E-state index is 11.2. The Morgan fingerprint density at radius 1 is 1.65 bits per heavy atom. The molecule has 0 aromatic heterocycles. The number of carbonyl (C=O) groups excluding carboxylic acids is 1. The molecule has 7 heteroatoms. The number of nitriles is 1. The van der Waals surface area contributed by atoms with Gasteiger partial charge in [-0.15, -0.1) is 0 Å². The van der Waals surface area contributed by atoms with Crippen molar-refractivity contribution < 1.29 is 9.72 Å². The normalized spacial score (nSPS) is 9.47. The smallest absolute Gasteiger partial charge is 0.285 e. The van der Waals surface area contributed by atoms with Crippen LogP contribution in [0.15, 0.2) is 16.6 Å². The molecule has 1 rings (SSSR count). The summed E-state index contributed by atoms with van der Waals surface area (Å²) in [5, 5.41) is 21.5. The lowest BCUT2D eigenvalue weighted by molar-refractivity contribution is -0.385. The Hall–Kier alpha value is -1.94. The van der Waals surface area contributed by atoms with Gasteiger partial charge in [0.2, 0.25) is 5.91 Å². The number of rotatable bonds is 3. The molecule has 0 fully saturated rings. The molecule has 0 saturated carbocycles. The Morgan fingerprint density at radius 2 is 2.29 bits per heavy atom. The molecule has 6 nitrogen and oxygen atoms in total. The van der Waals surface area contributed by atoms with Crippen molar-refractivity contribution in [1.82, 2.24) is 0 Å². The summed E-state index contributed by atoms with van der Waals surface area (Å²) in [7, 11) is 0. The molecule has 1 aromatic rings. The second-order valence-corrected chi connectivity index (χ2v) is 4.11. The summed E-state index contributed by atoms with van der Waals surface area (Å²) in [5.41, 5.74) is 0.872. The zero-order chi connectivity index (χ0) is 13.0. The minimum absolute atomic E-state index is 0.136. The van der Waals surface area contributed by atoms with Crippen LogP contribution in [0.1, 0.15) is 12.0 Å². The number of carbonyl (C=O) groups is 1. The highest BCUT2D eigenvalue weighted by Crippen LogP contribution is 2.30. The summed E-state index contributed by atoms with van der Waals surface area (Å²) in [6, 6.07) is 4.50. The van der Waals surface area contributed by atoms with Gasteiger partial charge in [0.15, 0.2) is 0 Å². The fourth-order valence-electron chi connectivity index (χ4n) is 1.20. The SMILES string of the molecule is Cc1cc(Br)c([N+](=O)[O-])cc1NC(=O)CC#N. The van der Waals surface area contributed by atoms with Gasteiger partial charge in [-0.1, -0.05) is 0 Å². The highest BCUT2D eigenvalue weighted by Gasteiger charge is 2.15. The summed E-state index contributed by atoms with van der Waals surface area (Å²) < 4.78 is 0.346. The monoisotopic (exact) mass is 297 g/mol. The lowest BCUT2D eigenvalue weighted by Gasteiger charge is -2.07. The number of hydrogen-bond donors (Lipinski definition) is 1. The number of nitro groups is 1. The molecule has 17 heavy (non-hydrogen) atoms. The van der Waals surface area contributed by atoms with E-state index in [0.717, 1.165) is 0 Å². The summed E-state index contributed by atoms with van der Waals surface area (Å²) in [5.74, 6) is -0.493. The number of amides is 1. The first-order chi connectivity index (χ1) is 7.95. The molecule has 0 spiro atoms. The topological polar surface area (TPSA) is 96.0 Å². The third kappa shape index (κ3) is 3.26. The van der Waals surface area contributed by atoms with Crippen LogP contribution in [0.2, 0.25) is 0 Å². The number of hydrogen-bond acceptors (Lipinski definition) is 4. The predicted molar refractivity (Wildman–Crippen MR) is 64.4 cm³/mol. The average Bonchev–Trinajstić information content (AvgIpc) is 2.21. The minimum Gasteiger partial charge on any atom is -0.325 e. The van der Waals surface area contributed by atoms with Crippen molar-refractivity contribution in [3.63, 3.8) is 0 Å². The van der Waals surface area contributed by atoms with Crippen LogP contribution < -0.4 is 5.32 Å². The quantitative estimate of drug-likeness (QED) is 0.685. The third-order valence-corrected chi connectivity index (χ3v) is 2.64. The van der Waals surface area contributed by atoms with Crippen molar-refractivity contribution in [2.24, 2.45) is 0 Å². The van der Waals surface area contributed by atoms with Crippen molar-refractivity contribution in [3.05, 3.63) is 32.3 Å². The second-order valence-electron chi connectivity index (χ2n) is 3.26. The molecule has 0 aliphatic carbocycles. The zero-order valence-electron chi connectivity index (χ0n) is 8.86. The first-order valence-electron chi connectivity index (χ1n) is 4.57. The van der Waals surface area contributed by atoms with Crippen LogP contribution in [0, 0.1) is 28.4 Å². The van der Waals surface area contributed by atoms with Crippen molar-refractivity contribution in [3.8, 4) is 6.07 Å². The molecule has 1 aromatic carbocycles. The molecule has 0 bridgehead atoms. The number of nitrogens with zero attached hydrogens (tertiary/aromatic N) is 2. The minimum atomic E-state index is -0.552. The highest BCUT2D eigenvalue weighted by atomic mass is 79.9. The third-order valence-electron chi connectivity index (χ3n) is 2.00. The number of nitro benzene ring substituents is 1. The van der Waals surface area contributed by atoms with Gasteiger partial charge in [0, 0.05) is 6.07 Å². The van der Waals surface area contributed by atoms with E-state index in [1.165, 1.54) is 6.07 Å². The molecule has 0 heterocycles. The first kappa shape index (κ1) is 13.1. The summed E-state index contributed by atoms with van der Waals surface area (Å²) in [6.45, 7) is 1.70. The van der Waals surface area contributed by atoms with E-state index in [1.807, 2.05) is 0 Å². The van der Waals surface area contributed by atoms with Crippen LogP contribution in [-0.4, -0.2) is 10.8 Å². The van der Waals surface area contributed by atoms with Gasteiger partial charge in [0.05, 0.1) is 21.2 Å². The first-order valence-corrected chi connectivity index (χ1v) is 5.36. The number of anilines is 1. The van der Waals surface area contributed by atoms with E-state index in [0.29, 0.717) is 15.7 Å². The van der Waals surface area contributed by atoms with Gasteiger partial charge in [-0.25, -0.2) is 0 Å². The highest BCUT2D eigenvalue weighted by molar-refractivity contribution is 9.10. The van der Waals surface area contributed by atoms with E-state index < -0.39 is 10.8 Å². The van der Waals surface area contributed by atoms with Crippen LogP contribution in [0.4, 0.5) is 11.4 Å². The van der Waals surface area contributed by atoms with Gasteiger partial charge in [-0.3, -0.25) is 14.9 Å². The molecule has 0 radical (unpaired) electrons. The lowest BCUT2D eigenvalue weighted by atomic mass is 10.2. The zero-order valence-corrected chi connectivity index (χ0v) is 10.4. The van der Waals surface area contributed by atoms with E-state index in [1.54, 1.807) is 19.1 Å². The predicted octanol–water partition coefficient (Wildman–Crippen LogP) is 2.52. The summed E-state index contributed by atoms with van der Waals surface area (Å²) >= 11 is 3.07. The Morgan fingerprint density at radius 3 is 2.82 bits per heavy atom. The molecular formula is C10H8BrN3O3. The Kier molecular flexibility index (Phi) is 4.17. The van der Waals surface area contributed by atoms with Gasteiger partial charge in [0.25, 0.3) is 5.69 Å². The standard InChI is InChI=1S/C10H8BrN3O3/c1-6-4-7(11)9(14(16)17)5-8(6)13-10(15)2-3-12/h4-5H,2H2,1H3,(H,13,15). The van der Waals surface area contributed by atoms with E-state index >= 15 is 0 Å². The molecule has 0 atom stereocenters. The van der Waals surface area contributed by atoms with E-state index in [2.05, 4.69) is 21.2 Å². The van der Waals surface area contributed by atoms with Crippen LogP contribution >= 0.6 is 15.9 Å². The Balaban J connectivity index is 3.09. The molecule has 0 saturated heterocycles. The maximum atomic E-state index is 11.2. The van der Waals surface area contributed by atoms with Crippen molar-refractivity contribution in [1.29, 1.82) is 5.26 Å². The maximum Gasteiger partial charge on any atom is 0.285 e. The van der Waals surface area contributed by atoms with Crippen LogP contribution in [0.3, 0.4) is 0 Å². The Labute approximate surface area is 106 Å². The van der Waals surface area contributed by atoms with Gasteiger partial charge in [-0.05, 0) is 34.5 Å². The summed E-state index contributed by atoms with van der Waals surface area (Å²) in [4.78, 5) is 21.4. The fraction of sp³-hybridized carbons (Fsp3) is 0.200. The van der Waals surface area contributed by atoms with E-state index in [-0.39, 0.29) is 12.1 Å². The second kappa shape index (κ2) is 5.41. The van der Waals surface area contributed by atoms with Crippen LogP contribution in [0.5, 0.6) is 0 Å². The van der Waals surface area contributed by atoms with Gasteiger partial charge >= 0.3 is 0 Å². The Bertz CT molecular complexity index is 522. The number of nitrogens with one attached hydrogen (secondary N) is 1. The lowest BCUT2D eigenvalue weighted by Crippen LogP contribution is -2.11. The molecule has 0 unspecified atom stereocenters. The fourth-order valence-corrected chi connectivity index (χ4v) is 1.80. The van der Waals surface area contributed by atoms with Crippen LogP contribution in [0.25, 0.3) is 0 Å². The van der Waals surface area contributed by atoms with Crippen molar-refractivity contribution >= 4 is 33.2 Å². The van der Waals surface area contributed by atoms with E-state index in [4.69, 9.17) is 5.26 Å². The average molecular weight is 298 g/mol. The number of benzene rings is 1. The molecule has 1 N–H and O–H groups in total. The molecule has 0 aliphatic heterocycles. The van der Waals surface area contributed by atoms with Gasteiger partial charge in [-0.2, -0.15) is 5.26 Å². The van der Waals surface area contributed by atoms with E-state index in [9.17, 15) is 14.9 Å². The van der Waals surface area contributed by atoms with Crippen molar-refractivity contribution in [2.45, 2.75) is 13.3 Å². The number of halogens is 1. The van der Waals surface area contributed by atoms with Crippen LogP contribution in [-0.2, 0) is 4.79 Å². The summed E-state index contributed by atoms with van der Waals surface area (Å²) in [6.07, 6.45) is -0.288. The van der Waals surface area contributed by atoms with Crippen molar-refractivity contribution in [2.75, 3.05) is 5.32 Å². The van der Waals surface area contributed by atoms with Gasteiger partial charge in [0.1, 0.15) is 6.42 Å². The number of aryl methyl sites for hydroxylation is 1. The molecule has 88 valence electrons. The van der Waals surface area contributed by atoms with Gasteiger partial charge < -0.3 is 5.32 Å².